The molecular weight excluding hydrogens is 374 g/mol. The Labute approximate surface area is 184 Å². The number of benzene rings is 1. The number of hydrogen-bond acceptors (Lipinski definition) is 3. The first-order chi connectivity index (χ1) is 14.3. The van der Waals surface area contributed by atoms with Crippen LogP contribution in [0.25, 0.3) is 0 Å². The highest BCUT2D eigenvalue weighted by molar-refractivity contribution is 5.68. The van der Waals surface area contributed by atoms with Crippen molar-refractivity contribution in [2.75, 3.05) is 6.61 Å². The van der Waals surface area contributed by atoms with Crippen LogP contribution in [0, 0.1) is 0 Å². The molecule has 1 aromatic carbocycles. The van der Waals surface area contributed by atoms with Crippen molar-refractivity contribution in [3.05, 3.63) is 35.4 Å². The van der Waals surface area contributed by atoms with Crippen molar-refractivity contribution in [1.29, 1.82) is 0 Å². The minimum atomic E-state index is -0.512. The van der Waals surface area contributed by atoms with Gasteiger partial charge in [-0.25, -0.2) is 4.79 Å². The highest BCUT2D eigenvalue weighted by atomic mass is 16.6. The lowest BCUT2D eigenvalue weighted by Gasteiger charge is -2.22. The largest absolute Gasteiger partial charge is 0.444 e. The molecule has 0 saturated carbocycles. The molecule has 172 valence electrons. The van der Waals surface area contributed by atoms with Gasteiger partial charge >= 0.3 is 6.09 Å². The van der Waals surface area contributed by atoms with Gasteiger partial charge in [-0.1, -0.05) is 76.1 Å². The molecule has 0 aliphatic carbocycles. The first kappa shape index (κ1) is 26.5. The van der Waals surface area contributed by atoms with Crippen LogP contribution in [0.1, 0.15) is 103 Å². The van der Waals surface area contributed by atoms with Crippen LogP contribution in [0.4, 0.5) is 4.79 Å². The fraction of sp³-hybridized carbons (Fsp3) is 0.731. The van der Waals surface area contributed by atoms with Crippen molar-refractivity contribution in [3.63, 3.8) is 0 Å². The monoisotopic (exact) mass is 419 g/mol. The number of carbonyl (C=O) groups excluding carboxylic acids is 1. The third kappa shape index (κ3) is 13.6. The smallest absolute Gasteiger partial charge is 0.407 e. The van der Waals surface area contributed by atoms with Crippen LogP contribution in [0.3, 0.4) is 0 Å². The van der Waals surface area contributed by atoms with Crippen molar-refractivity contribution in [2.24, 2.45) is 0 Å². The van der Waals surface area contributed by atoms with Crippen molar-refractivity contribution < 1.29 is 14.6 Å². The van der Waals surface area contributed by atoms with Gasteiger partial charge in [0.25, 0.3) is 0 Å². The normalized spacial score (nSPS) is 12.6. The molecule has 0 radical (unpaired) electrons. The summed E-state index contributed by atoms with van der Waals surface area (Å²) in [6.45, 7) is 7.71. The van der Waals surface area contributed by atoms with Crippen molar-refractivity contribution in [1.82, 2.24) is 5.32 Å². The Morgan fingerprint density at radius 1 is 0.900 bits per heavy atom. The maximum atomic E-state index is 11.8. The number of aliphatic hydroxyl groups excluding tert-OH is 1. The van der Waals surface area contributed by atoms with E-state index >= 15 is 0 Å². The molecule has 0 aromatic heterocycles. The summed E-state index contributed by atoms with van der Waals surface area (Å²) in [6.07, 6.45) is 13.8. The van der Waals surface area contributed by atoms with Gasteiger partial charge in [-0.05, 0) is 64.0 Å². The van der Waals surface area contributed by atoms with Crippen LogP contribution in [0.15, 0.2) is 24.3 Å². The molecule has 2 N–H and O–H groups in total. The summed E-state index contributed by atoms with van der Waals surface area (Å²) in [5.74, 6) is 0. The predicted molar refractivity (Wildman–Crippen MR) is 126 cm³/mol. The third-order valence-corrected chi connectivity index (χ3v) is 5.30. The summed E-state index contributed by atoms with van der Waals surface area (Å²) in [7, 11) is 0. The molecule has 30 heavy (non-hydrogen) atoms. The highest BCUT2D eigenvalue weighted by Crippen LogP contribution is 2.14. The Kier molecular flexibility index (Phi) is 13.5. The molecule has 0 fully saturated rings. The predicted octanol–water partition coefficient (Wildman–Crippen LogP) is 6.58. The average Bonchev–Trinajstić information content (AvgIpc) is 2.69. The molecule has 1 rings (SSSR count). The second kappa shape index (κ2) is 15.3. The van der Waals surface area contributed by atoms with E-state index in [1.165, 1.54) is 68.9 Å². The Hall–Kier alpha value is -1.55. The summed E-state index contributed by atoms with van der Waals surface area (Å²) in [4.78, 5) is 11.8. The minimum Gasteiger partial charge on any atom is -0.444 e. The number of amides is 1. The van der Waals surface area contributed by atoms with Crippen molar-refractivity contribution >= 4 is 6.09 Å². The molecule has 0 saturated heterocycles. The number of carbonyl (C=O) groups is 1. The second-order valence-electron chi connectivity index (χ2n) is 9.46. The molecule has 1 amide bonds. The quantitative estimate of drug-likeness (QED) is 0.316. The molecule has 0 aliphatic rings. The number of alkyl carbamates (subject to hydrolysis) is 1. The molecular formula is C26H45NO3. The first-order valence-electron chi connectivity index (χ1n) is 12.0. The highest BCUT2D eigenvalue weighted by Gasteiger charge is 2.18. The van der Waals surface area contributed by atoms with Gasteiger partial charge in [0.1, 0.15) is 5.60 Å². The van der Waals surface area contributed by atoms with Crippen molar-refractivity contribution in [2.45, 2.75) is 116 Å². The number of ether oxygens (including phenoxy) is 1. The summed E-state index contributed by atoms with van der Waals surface area (Å²) < 4.78 is 5.24. The molecule has 0 heterocycles. The fourth-order valence-corrected chi connectivity index (χ4v) is 3.54. The summed E-state index contributed by atoms with van der Waals surface area (Å²) in [5, 5.41) is 12.2. The van der Waals surface area contributed by atoms with Gasteiger partial charge in [-0.15, -0.1) is 0 Å². The first-order valence-corrected chi connectivity index (χ1v) is 12.0. The molecule has 4 heteroatoms. The van der Waals surface area contributed by atoms with E-state index in [4.69, 9.17) is 4.74 Å². The lowest BCUT2D eigenvalue weighted by molar-refractivity contribution is 0.0478. The zero-order valence-electron chi connectivity index (χ0n) is 19.8. The summed E-state index contributed by atoms with van der Waals surface area (Å²) in [5.41, 5.74) is 2.41. The molecule has 0 spiro atoms. The molecule has 1 aromatic rings. The topological polar surface area (TPSA) is 58.6 Å². The van der Waals surface area contributed by atoms with Crippen LogP contribution in [0.2, 0.25) is 0 Å². The Balaban J connectivity index is 2.02. The molecule has 0 aliphatic heterocycles. The van der Waals surface area contributed by atoms with E-state index in [-0.39, 0.29) is 12.6 Å². The van der Waals surface area contributed by atoms with Gasteiger partial charge in [-0.2, -0.15) is 0 Å². The molecule has 1 unspecified atom stereocenters. The minimum absolute atomic E-state index is 0.0428. The van der Waals surface area contributed by atoms with Gasteiger partial charge in [0.2, 0.25) is 0 Å². The maximum Gasteiger partial charge on any atom is 0.407 e. The summed E-state index contributed by atoms with van der Waals surface area (Å²) >= 11 is 0. The van der Waals surface area contributed by atoms with E-state index < -0.39 is 11.7 Å². The van der Waals surface area contributed by atoms with Crippen LogP contribution in [-0.2, 0) is 17.6 Å². The maximum absolute atomic E-state index is 11.8. The van der Waals surface area contributed by atoms with Gasteiger partial charge in [0.15, 0.2) is 0 Å². The van der Waals surface area contributed by atoms with E-state index in [0.717, 1.165) is 19.3 Å². The zero-order chi connectivity index (χ0) is 22.2. The average molecular weight is 420 g/mol. The Morgan fingerprint density at radius 3 is 1.90 bits per heavy atom. The van der Waals surface area contributed by atoms with E-state index in [1.54, 1.807) is 0 Å². The van der Waals surface area contributed by atoms with E-state index in [2.05, 4.69) is 36.5 Å². The SMILES string of the molecule is CCCCc1ccc(CCCCCCCCCC(CO)NC(=O)OC(C)(C)C)cc1. The second-order valence-corrected chi connectivity index (χ2v) is 9.46. The number of rotatable bonds is 15. The number of unbranched alkanes of at least 4 members (excludes halogenated alkanes) is 7. The van der Waals surface area contributed by atoms with Gasteiger partial charge in [0, 0.05) is 0 Å². The third-order valence-electron chi connectivity index (χ3n) is 5.30. The fourth-order valence-electron chi connectivity index (χ4n) is 3.54. The van der Waals surface area contributed by atoms with Crippen LogP contribution in [-0.4, -0.2) is 29.4 Å². The van der Waals surface area contributed by atoms with Gasteiger partial charge < -0.3 is 15.2 Å². The Morgan fingerprint density at radius 2 is 1.40 bits per heavy atom. The number of aryl methyl sites for hydroxylation is 2. The number of nitrogens with one attached hydrogen (secondary N) is 1. The lowest BCUT2D eigenvalue weighted by atomic mass is 10.0. The van der Waals surface area contributed by atoms with E-state index in [1.807, 2.05) is 20.8 Å². The Bertz CT molecular complexity index is 563. The lowest BCUT2D eigenvalue weighted by Crippen LogP contribution is -2.41. The van der Waals surface area contributed by atoms with Crippen molar-refractivity contribution in [3.8, 4) is 0 Å². The van der Waals surface area contributed by atoms with E-state index in [0.29, 0.717) is 0 Å². The van der Waals surface area contributed by atoms with Gasteiger partial charge in [0.05, 0.1) is 12.6 Å². The standard InChI is InChI=1S/C26H45NO3/c1-5-6-14-22-17-19-23(20-18-22)15-12-10-8-7-9-11-13-16-24(21-28)27-25(29)30-26(2,3)4/h17-20,24,28H,5-16,21H2,1-4H3,(H,27,29). The number of hydrogen-bond donors (Lipinski definition) is 2. The van der Waals surface area contributed by atoms with Crippen LogP contribution < -0.4 is 5.32 Å². The molecule has 1 atom stereocenters. The molecule has 4 nitrogen and oxygen atoms in total. The van der Waals surface area contributed by atoms with Gasteiger partial charge in [-0.3, -0.25) is 0 Å². The zero-order valence-corrected chi connectivity index (χ0v) is 19.8. The molecule has 0 bridgehead atoms. The van der Waals surface area contributed by atoms with Crippen LogP contribution >= 0.6 is 0 Å². The number of aliphatic hydroxyl groups is 1. The van der Waals surface area contributed by atoms with E-state index in [9.17, 15) is 9.90 Å². The summed E-state index contributed by atoms with van der Waals surface area (Å²) in [6, 6.07) is 8.97. The van der Waals surface area contributed by atoms with Crippen LogP contribution in [0.5, 0.6) is 0 Å².